The van der Waals surface area contributed by atoms with Gasteiger partial charge in [-0.1, -0.05) is 11.6 Å². The number of carbonyl (C=O) groups excluding carboxylic acids is 1. The second-order valence-corrected chi connectivity index (χ2v) is 6.50. The molecule has 2 aromatic rings. The van der Waals surface area contributed by atoms with Gasteiger partial charge in [-0.2, -0.15) is 30.7 Å². The minimum atomic E-state index is -6.47. The van der Waals surface area contributed by atoms with Gasteiger partial charge >= 0.3 is 18.0 Å². The maximum Gasteiger partial charge on any atom is 0.459 e. The molecule has 0 aliphatic carbocycles. The van der Waals surface area contributed by atoms with Gasteiger partial charge in [0.15, 0.2) is 0 Å². The molecule has 0 spiro atoms. The van der Waals surface area contributed by atoms with Crippen LogP contribution in [0.3, 0.4) is 0 Å². The lowest BCUT2D eigenvalue weighted by atomic mass is 10.1. The molecule has 3 nitrogen and oxygen atoms in total. The third-order valence-electron chi connectivity index (χ3n) is 3.33. The molecule has 0 aliphatic rings. The van der Waals surface area contributed by atoms with E-state index in [-0.39, 0.29) is 9.90 Å². The highest BCUT2D eigenvalue weighted by Gasteiger charge is 2.72. The van der Waals surface area contributed by atoms with Crippen molar-refractivity contribution in [2.45, 2.75) is 18.0 Å². The Balaban J connectivity index is 2.23. The SMILES string of the molecule is COc1ccc2sc(C(=O)NCC(F)(F)C(F)(F)C(F)(F)F)c(Cl)c2c1. The van der Waals surface area contributed by atoms with Crippen molar-refractivity contribution in [3.05, 3.63) is 28.1 Å². The number of halogens is 8. The smallest absolute Gasteiger partial charge is 0.459 e. The lowest BCUT2D eigenvalue weighted by Crippen LogP contribution is -2.56. The van der Waals surface area contributed by atoms with E-state index in [4.69, 9.17) is 16.3 Å². The summed E-state index contributed by atoms with van der Waals surface area (Å²) in [6, 6.07) is 4.51. The zero-order valence-electron chi connectivity index (χ0n) is 12.7. The van der Waals surface area contributed by atoms with Crippen molar-refractivity contribution in [2.24, 2.45) is 0 Å². The number of carbonyl (C=O) groups is 1. The van der Waals surface area contributed by atoms with Crippen LogP contribution in [0.25, 0.3) is 10.1 Å². The van der Waals surface area contributed by atoms with E-state index in [0.717, 1.165) is 11.3 Å². The molecule has 0 aliphatic heterocycles. The molecule has 0 unspecified atom stereocenters. The zero-order valence-corrected chi connectivity index (χ0v) is 14.3. The first kappa shape index (κ1) is 20.6. The molecule has 144 valence electrons. The highest BCUT2D eigenvalue weighted by molar-refractivity contribution is 7.21. The molecule has 1 aromatic carbocycles. The van der Waals surface area contributed by atoms with Crippen LogP contribution in [0.15, 0.2) is 18.2 Å². The Morgan fingerprint density at radius 2 is 1.81 bits per heavy atom. The lowest BCUT2D eigenvalue weighted by Gasteiger charge is -2.28. The molecular formula is C14H9ClF7NO2S. The average molecular weight is 424 g/mol. The maximum absolute atomic E-state index is 13.2. The van der Waals surface area contributed by atoms with Crippen LogP contribution in [0.5, 0.6) is 5.75 Å². The fourth-order valence-electron chi connectivity index (χ4n) is 1.91. The van der Waals surface area contributed by atoms with Gasteiger partial charge in [-0.15, -0.1) is 11.3 Å². The van der Waals surface area contributed by atoms with Crippen molar-refractivity contribution in [3.8, 4) is 5.75 Å². The Bertz CT molecular complexity index is 835. The van der Waals surface area contributed by atoms with E-state index >= 15 is 0 Å². The first-order valence-corrected chi connectivity index (χ1v) is 7.88. The quantitative estimate of drug-likeness (QED) is 0.677. The monoisotopic (exact) mass is 423 g/mol. The van der Waals surface area contributed by atoms with Crippen LogP contribution in [0.1, 0.15) is 9.67 Å². The molecular weight excluding hydrogens is 415 g/mol. The van der Waals surface area contributed by atoms with Gasteiger partial charge in [-0.25, -0.2) is 0 Å². The highest BCUT2D eigenvalue weighted by atomic mass is 35.5. The average Bonchev–Trinajstić information content (AvgIpc) is 2.88. The maximum atomic E-state index is 13.2. The molecule has 1 amide bonds. The molecule has 12 heteroatoms. The topological polar surface area (TPSA) is 38.3 Å². The molecule has 0 radical (unpaired) electrons. The molecule has 26 heavy (non-hydrogen) atoms. The number of amides is 1. The van der Waals surface area contributed by atoms with E-state index < -0.39 is 30.5 Å². The Morgan fingerprint density at radius 3 is 2.35 bits per heavy atom. The molecule has 2 rings (SSSR count). The summed E-state index contributed by atoms with van der Waals surface area (Å²) >= 11 is 6.73. The summed E-state index contributed by atoms with van der Waals surface area (Å²) in [4.78, 5) is 11.6. The van der Waals surface area contributed by atoms with Crippen molar-refractivity contribution >= 4 is 38.9 Å². The number of fused-ring (bicyclic) bond motifs is 1. The Kier molecular flexibility index (Phi) is 5.35. The van der Waals surface area contributed by atoms with E-state index in [9.17, 15) is 35.5 Å². The fraction of sp³-hybridized carbons (Fsp3) is 0.357. The Labute approximate surface area is 150 Å². The zero-order chi connectivity index (χ0) is 19.9. The van der Waals surface area contributed by atoms with Gasteiger partial charge in [0.25, 0.3) is 5.91 Å². The highest BCUT2D eigenvalue weighted by Crippen LogP contribution is 2.46. The van der Waals surface area contributed by atoms with Crippen molar-refractivity contribution in [1.82, 2.24) is 5.32 Å². The number of hydrogen-bond acceptors (Lipinski definition) is 3. The predicted molar refractivity (Wildman–Crippen MR) is 81.7 cm³/mol. The molecule has 0 fully saturated rings. The normalized spacial score (nSPS) is 13.1. The lowest BCUT2D eigenvalue weighted by molar-refractivity contribution is -0.352. The van der Waals surface area contributed by atoms with Gasteiger partial charge in [0.2, 0.25) is 0 Å². The van der Waals surface area contributed by atoms with Crippen LogP contribution in [0.4, 0.5) is 30.7 Å². The second-order valence-electron chi connectivity index (χ2n) is 5.07. The summed E-state index contributed by atoms with van der Waals surface area (Å²) in [5, 5.41) is 1.55. The van der Waals surface area contributed by atoms with Crippen molar-refractivity contribution in [3.63, 3.8) is 0 Å². The molecule has 1 aromatic heterocycles. The second kappa shape index (κ2) is 6.76. The number of thiophene rings is 1. The standard InChI is InChI=1S/C14H9ClF7NO2S/c1-25-6-2-3-8-7(4-6)9(15)10(26-8)11(24)23-5-12(16,17)13(18,19)14(20,21)22/h2-4H,5H2,1H3,(H,23,24). The first-order valence-electron chi connectivity index (χ1n) is 6.68. The third-order valence-corrected chi connectivity index (χ3v) is 5.00. The van der Waals surface area contributed by atoms with E-state index in [2.05, 4.69) is 0 Å². The van der Waals surface area contributed by atoms with E-state index in [1.807, 2.05) is 0 Å². The largest absolute Gasteiger partial charge is 0.497 e. The summed E-state index contributed by atoms with van der Waals surface area (Å²) in [5.41, 5.74) is 0. The molecule has 0 bridgehead atoms. The molecule has 1 heterocycles. The van der Waals surface area contributed by atoms with Crippen LogP contribution in [0.2, 0.25) is 5.02 Å². The number of benzene rings is 1. The van der Waals surface area contributed by atoms with Crippen LogP contribution in [0, 0.1) is 0 Å². The number of rotatable bonds is 5. The van der Waals surface area contributed by atoms with Crippen molar-refractivity contribution in [1.29, 1.82) is 0 Å². The van der Waals surface area contributed by atoms with E-state index in [0.29, 0.717) is 15.8 Å². The predicted octanol–water partition coefficient (Wildman–Crippen LogP) is 5.13. The number of hydrogen-bond donors (Lipinski definition) is 1. The summed E-state index contributed by atoms with van der Waals surface area (Å²) in [6.07, 6.45) is -6.47. The van der Waals surface area contributed by atoms with Gasteiger partial charge in [0.1, 0.15) is 10.6 Å². The molecule has 0 saturated heterocycles. The number of alkyl halides is 7. The third kappa shape index (κ3) is 3.54. The van der Waals surface area contributed by atoms with Crippen LogP contribution >= 0.6 is 22.9 Å². The molecule has 0 saturated carbocycles. The van der Waals surface area contributed by atoms with Gasteiger partial charge in [0.05, 0.1) is 18.7 Å². The van der Waals surface area contributed by atoms with Crippen LogP contribution in [-0.2, 0) is 0 Å². The van der Waals surface area contributed by atoms with Gasteiger partial charge < -0.3 is 10.1 Å². The molecule has 1 N–H and O–H groups in total. The van der Waals surface area contributed by atoms with Gasteiger partial charge in [-0.3, -0.25) is 4.79 Å². The van der Waals surface area contributed by atoms with E-state index in [1.54, 1.807) is 0 Å². The number of nitrogens with one attached hydrogen (secondary N) is 1. The summed E-state index contributed by atoms with van der Waals surface area (Å²) in [5.74, 6) is -12.7. The number of methoxy groups -OCH3 is 1. The summed E-state index contributed by atoms with van der Waals surface area (Å²) in [7, 11) is 1.37. The van der Waals surface area contributed by atoms with E-state index in [1.165, 1.54) is 30.6 Å². The minimum Gasteiger partial charge on any atom is -0.497 e. The van der Waals surface area contributed by atoms with Crippen molar-refractivity contribution < 1.29 is 40.3 Å². The van der Waals surface area contributed by atoms with Crippen LogP contribution < -0.4 is 10.1 Å². The van der Waals surface area contributed by atoms with Crippen LogP contribution in [-0.4, -0.2) is 37.6 Å². The van der Waals surface area contributed by atoms with Gasteiger partial charge in [-0.05, 0) is 18.2 Å². The Hall–Kier alpha value is -1.75. The van der Waals surface area contributed by atoms with Crippen molar-refractivity contribution in [2.75, 3.05) is 13.7 Å². The summed E-state index contributed by atoms with van der Waals surface area (Å²) in [6.45, 7) is -2.22. The Morgan fingerprint density at radius 1 is 1.19 bits per heavy atom. The molecule has 0 atom stereocenters. The summed E-state index contributed by atoms with van der Waals surface area (Å²) < 4.78 is 93.8. The number of ether oxygens (including phenoxy) is 1. The fourth-order valence-corrected chi connectivity index (χ4v) is 3.31. The minimum absolute atomic E-state index is 0.160. The first-order chi connectivity index (χ1) is 11.8. The van der Waals surface area contributed by atoms with Gasteiger partial charge in [0, 0.05) is 10.1 Å².